The van der Waals surface area contributed by atoms with Crippen molar-refractivity contribution < 1.29 is 14.3 Å². The van der Waals surface area contributed by atoms with Gasteiger partial charge in [-0.05, 0) is 61.4 Å². The number of primary amides is 1. The zero-order valence-electron chi connectivity index (χ0n) is 20.4. The van der Waals surface area contributed by atoms with Gasteiger partial charge in [-0.25, -0.2) is 0 Å². The second kappa shape index (κ2) is 14.5. The number of rotatable bonds is 14. The van der Waals surface area contributed by atoms with E-state index in [1.54, 1.807) is 11.3 Å². The smallest absolute Gasteiger partial charge is 0.252 e. The van der Waals surface area contributed by atoms with E-state index >= 15 is 0 Å². The van der Waals surface area contributed by atoms with Gasteiger partial charge in [0.2, 0.25) is 0 Å². The molecule has 6 heteroatoms. The predicted octanol–water partition coefficient (Wildman–Crippen LogP) is 6.14. The number of carbonyl (C=O) groups is 1. The van der Waals surface area contributed by atoms with Gasteiger partial charge in [0, 0.05) is 22.7 Å². The number of nitrogens with zero attached hydrogens (tertiary/aromatic N) is 1. The van der Waals surface area contributed by atoms with Crippen LogP contribution in [-0.4, -0.2) is 50.3 Å². The number of amides is 1. The minimum absolute atomic E-state index is 0.427. The number of benzene rings is 1. The first-order valence-corrected chi connectivity index (χ1v) is 13.0. The number of ether oxygens (including phenoxy) is 2. The van der Waals surface area contributed by atoms with Crippen LogP contribution in [0.25, 0.3) is 15.7 Å². The topological polar surface area (TPSA) is 64.8 Å². The summed E-state index contributed by atoms with van der Waals surface area (Å²) in [5, 5.41) is 0.989. The molecule has 1 saturated heterocycles. The Balaban J connectivity index is 1.70. The highest BCUT2D eigenvalue weighted by atomic mass is 32.1. The van der Waals surface area contributed by atoms with E-state index in [1.807, 2.05) is 42.5 Å². The summed E-state index contributed by atoms with van der Waals surface area (Å²) in [4.78, 5) is 15.7. The van der Waals surface area contributed by atoms with E-state index in [9.17, 15) is 4.79 Å². The summed E-state index contributed by atoms with van der Waals surface area (Å²) in [6.45, 7) is 12.8. The number of fused-ring (bicyclic) bond motifs is 1. The van der Waals surface area contributed by atoms with E-state index in [0.29, 0.717) is 17.9 Å². The molecule has 1 aromatic carbocycles. The molecule has 1 aromatic heterocycles. The van der Waals surface area contributed by atoms with Crippen molar-refractivity contribution in [3.05, 3.63) is 84.3 Å². The Morgan fingerprint density at radius 3 is 2.69 bits per heavy atom. The monoisotopic (exact) mass is 492 g/mol. The fourth-order valence-corrected chi connectivity index (χ4v) is 4.99. The Bertz CT molecular complexity index is 1090. The predicted molar refractivity (Wildman–Crippen MR) is 148 cm³/mol. The standard InChI is InChI=1S/C29H36N2O3S/c1-3-5-6-7-8-9-13-23(12-4-2)27-21-24-20-25(29(30)32)26(22-28(24)35-27)34-17-11-10-14-31-15-18-33-19-16-31/h3-4,6-9,13,20-22H,1-2,5,10-12,14-19H2,(H2,30,32)/b7-6+,9-8+,23-13-. The van der Waals surface area contributed by atoms with Crippen LogP contribution in [0.15, 0.2) is 73.9 Å². The van der Waals surface area contributed by atoms with Crippen LogP contribution in [0.5, 0.6) is 5.75 Å². The summed E-state index contributed by atoms with van der Waals surface area (Å²) < 4.78 is 12.5. The second-order valence-corrected chi connectivity index (χ2v) is 9.48. The third kappa shape index (κ3) is 8.35. The lowest BCUT2D eigenvalue weighted by atomic mass is 10.1. The number of hydrogen-bond acceptors (Lipinski definition) is 5. The molecule has 186 valence electrons. The molecule has 0 bridgehead atoms. The summed E-state index contributed by atoms with van der Waals surface area (Å²) in [6.07, 6.45) is 17.5. The Morgan fingerprint density at radius 1 is 1.11 bits per heavy atom. The van der Waals surface area contributed by atoms with Gasteiger partial charge >= 0.3 is 0 Å². The van der Waals surface area contributed by atoms with Crippen molar-refractivity contribution in [2.45, 2.75) is 25.7 Å². The Morgan fingerprint density at radius 2 is 1.94 bits per heavy atom. The first-order valence-electron chi connectivity index (χ1n) is 12.2. The van der Waals surface area contributed by atoms with Crippen LogP contribution in [-0.2, 0) is 4.74 Å². The summed E-state index contributed by atoms with van der Waals surface area (Å²) >= 11 is 1.68. The number of carbonyl (C=O) groups excluding carboxylic acids is 1. The van der Waals surface area contributed by atoms with Gasteiger partial charge in [0.15, 0.2) is 0 Å². The van der Waals surface area contributed by atoms with Crippen LogP contribution in [0.3, 0.4) is 0 Å². The molecule has 2 N–H and O–H groups in total. The summed E-state index contributed by atoms with van der Waals surface area (Å²) in [5.41, 5.74) is 7.28. The molecule has 0 saturated carbocycles. The average Bonchev–Trinajstić information content (AvgIpc) is 3.28. The molecule has 1 aliphatic heterocycles. The van der Waals surface area contributed by atoms with Gasteiger partial charge in [-0.3, -0.25) is 9.69 Å². The highest BCUT2D eigenvalue weighted by Gasteiger charge is 2.15. The molecule has 35 heavy (non-hydrogen) atoms. The van der Waals surface area contributed by atoms with E-state index < -0.39 is 5.91 Å². The fraction of sp³-hybridized carbons (Fsp3) is 0.345. The molecule has 2 heterocycles. The lowest BCUT2D eigenvalue weighted by molar-refractivity contribution is 0.0368. The zero-order chi connectivity index (χ0) is 24.9. The molecule has 1 fully saturated rings. The number of morpholine rings is 1. The number of unbranched alkanes of at least 4 members (excludes halogenated alkanes) is 1. The SMILES string of the molecule is C=CC/C=C/C=C/C=C(/CC=C)c1cc2cc(C(N)=O)c(OCCCCN3CCOCC3)cc2s1. The third-order valence-electron chi connectivity index (χ3n) is 5.75. The number of allylic oxidation sites excluding steroid dienone is 8. The third-order valence-corrected chi connectivity index (χ3v) is 6.93. The van der Waals surface area contributed by atoms with Crippen LogP contribution < -0.4 is 10.5 Å². The lowest BCUT2D eigenvalue weighted by Gasteiger charge is -2.26. The van der Waals surface area contributed by atoms with Crippen LogP contribution in [0.2, 0.25) is 0 Å². The van der Waals surface area contributed by atoms with Crippen molar-refractivity contribution in [1.29, 1.82) is 0 Å². The largest absolute Gasteiger partial charge is 0.493 e. The van der Waals surface area contributed by atoms with E-state index in [0.717, 1.165) is 73.5 Å². The van der Waals surface area contributed by atoms with E-state index in [4.69, 9.17) is 15.2 Å². The fourth-order valence-electron chi connectivity index (χ4n) is 3.88. The normalized spacial score (nSPS) is 15.3. The summed E-state index contributed by atoms with van der Waals surface area (Å²) in [7, 11) is 0. The van der Waals surface area contributed by atoms with Gasteiger partial charge in [-0.1, -0.05) is 42.5 Å². The Kier molecular flexibility index (Phi) is 11.0. The minimum atomic E-state index is -0.473. The molecular formula is C29H36N2O3S. The van der Waals surface area contributed by atoms with Gasteiger partial charge < -0.3 is 15.2 Å². The van der Waals surface area contributed by atoms with E-state index in [-0.39, 0.29) is 0 Å². The maximum atomic E-state index is 12.1. The van der Waals surface area contributed by atoms with Crippen molar-refractivity contribution in [1.82, 2.24) is 4.90 Å². The van der Waals surface area contributed by atoms with Gasteiger partial charge in [-0.2, -0.15) is 0 Å². The van der Waals surface area contributed by atoms with Crippen molar-refractivity contribution in [2.24, 2.45) is 5.73 Å². The van der Waals surface area contributed by atoms with Gasteiger partial charge in [-0.15, -0.1) is 24.5 Å². The maximum absolute atomic E-state index is 12.1. The molecule has 2 aromatic rings. The minimum Gasteiger partial charge on any atom is -0.493 e. The highest BCUT2D eigenvalue weighted by molar-refractivity contribution is 7.20. The molecule has 5 nitrogen and oxygen atoms in total. The number of thiophene rings is 1. The first-order chi connectivity index (χ1) is 17.1. The molecule has 0 spiro atoms. The number of hydrogen-bond donors (Lipinski definition) is 1. The summed E-state index contributed by atoms with van der Waals surface area (Å²) in [5.74, 6) is 0.0883. The van der Waals surface area contributed by atoms with Crippen molar-refractivity contribution in [3.63, 3.8) is 0 Å². The molecule has 0 radical (unpaired) electrons. The second-order valence-electron chi connectivity index (χ2n) is 8.39. The lowest BCUT2D eigenvalue weighted by Crippen LogP contribution is -2.36. The van der Waals surface area contributed by atoms with Crippen LogP contribution >= 0.6 is 11.3 Å². The van der Waals surface area contributed by atoms with Gasteiger partial charge in [0.1, 0.15) is 5.75 Å². The van der Waals surface area contributed by atoms with Crippen LogP contribution in [0, 0.1) is 0 Å². The quantitative estimate of drug-likeness (QED) is 0.195. The molecule has 0 aliphatic carbocycles. The zero-order valence-corrected chi connectivity index (χ0v) is 21.2. The van der Waals surface area contributed by atoms with Gasteiger partial charge in [0.05, 0.1) is 25.4 Å². The highest BCUT2D eigenvalue weighted by Crippen LogP contribution is 2.36. The van der Waals surface area contributed by atoms with Gasteiger partial charge in [0.25, 0.3) is 5.91 Å². The Hall–Kier alpha value is -2.93. The summed E-state index contributed by atoms with van der Waals surface area (Å²) in [6, 6.07) is 5.90. The van der Waals surface area contributed by atoms with Crippen molar-refractivity contribution in [2.75, 3.05) is 39.5 Å². The average molecular weight is 493 g/mol. The van der Waals surface area contributed by atoms with Crippen LogP contribution in [0.4, 0.5) is 0 Å². The molecule has 1 amide bonds. The van der Waals surface area contributed by atoms with Crippen LogP contribution in [0.1, 0.15) is 40.9 Å². The molecule has 1 aliphatic rings. The molecule has 0 unspecified atom stereocenters. The first kappa shape index (κ1) is 26.7. The number of nitrogens with two attached hydrogens (primary N) is 1. The molecular weight excluding hydrogens is 456 g/mol. The van der Waals surface area contributed by atoms with Crippen molar-refractivity contribution in [3.8, 4) is 5.75 Å². The Labute approximate surface area is 212 Å². The van der Waals surface area contributed by atoms with E-state index in [1.165, 1.54) is 5.57 Å². The molecule has 0 atom stereocenters. The van der Waals surface area contributed by atoms with Crippen molar-refractivity contribution >= 4 is 32.9 Å². The van der Waals surface area contributed by atoms with E-state index in [2.05, 4.69) is 36.3 Å². The molecule has 3 rings (SSSR count). The maximum Gasteiger partial charge on any atom is 0.252 e.